The highest BCUT2D eigenvalue weighted by atomic mass is 79.9. The third kappa shape index (κ3) is 3.43. The number of amides is 1. The predicted molar refractivity (Wildman–Crippen MR) is 79.3 cm³/mol. The van der Waals surface area contributed by atoms with Crippen LogP contribution in [0.4, 0.5) is 0 Å². The largest absolute Gasteiger partial charge is 0.347 e. The summed E-state index contributed by atoms with van der Waals surface area (Å²) in [7, 11) is 0. The van der Waals surface area contributed by atoms with Crippen molar-refractivity contribution in [3.8, 4) is 0 Å². The molecule has 94 valence electrons. The third-order valence-electron chi connectivity index (χ3n) is 2.59. The molecule has 0 fully saturated rings. The maximum atomic E-state index is 11.8. The molecule has 4 heteroatoms. The average Bonchev–Trinajstić information content (AvgIpc) is 2.83. The van der Waals surface area contributed by atoms with E-state index < -0.39 is 0 Å². The smallest absolute Gasteiger partial charge is 0.261 e. The van der Waals surface area contributed by atoms with Crippen molar-refractivity contribution in [2.45, 2.75) is 18.8 Å². The van der Waals surface area contributed by atoms with E-state index in [9.17, 15) is 4.79 Å². The van der Waals surface area contributed by atoms with Gasteiger partial charge in [-0.3, -0.25) is 4.79 Å². The summed E-state index contributed by atoms with van der Waals surface area (Å²) in [5.74, 6) is -0.00216. The van der Waals surface area contributed by atoms with Crippen molar-refractivity contribution >= 4 is 33.2 Å². The van der Waals surface area contributed by atoms with E-state index in [1.54, 1.807) is 0 Å². The summed E-state index contributed by atoms with van der Waals surface area (Å²) in [6.07, 6.45) is 0. The summed E-state index contributed by atoms with van der Waals surface area (Å²) in [5, 5.41) is 3.78. The summed E-state index contributed by atoms with van der Waals surface area (Å²) in [6.45, 7) is 2.57. The maximum absolute atomic E-state index is 11.8. The lowest BCUT2D eigenvalue weighted by atomic mass is 10.1. The van der Waals surface area contributed by atoms with Gasteiger partial charge in [0, 0.05) is 16.8 Å². The molecule has 1 aromatic heterocycles. The number of halogens is 1. The molecular formula is C14H14BrNOS. The van der Waals surface area contributed by atoms with Crippen molar-refractivity contribution in [1.82, 2.24) is 5.32 Å². The van der Waals surface area contributed by atoms with Crippen molar-refractivity contribution in [3.63, 3.8) is 0 Å². The minimum atomic E-state index is -0.00216. The van der Waals surface area contributed by atoms with Gasteiger partial charge in [-0.05, 0) is 30.2 Å². The van der Waals surface area contributed by atoms with E-state index in [1.807, 2.05) is 31.2 Å². The van der Waals surface area contributed by atoms with Gasteiger partial charge in [0.15, 0.2) is 0 Å². The molecule has 0 saturated heterocycles. The van der Waals surface area contributed by atoms with Gasteiger partial charge in [0.25, 0.3) is 5.91 Å². The quantitative estimate of drug-likeness (QED) is 0.850. The molecule has 1 heterocycles. The van der Waals surface area contributed by atoms with Crippen LogP contribution >= 0.6 is 27.3 Å². The van der Waals surface area contributed by atoms with Gasteiger partial charge in [-0.1, -0.05) is 40.2 Å². The number of aryl methyl sites for hydroxylation is 1. The first-order chi connectivity index (χ1) is 8.69. The fourth-order valence-electron chi connectivity index (χ4n) is 1.57. The van der Waals surface area contributed by atoms with Crippen molar-refractivity contribution in [3.05, 3.63) is 57.3 Å². The molecule has 1 aromatic carbocycles. The van der Waals surface area contributed by atoms with Crippen LogP contribution in [0.25, 0.3) is 0 Å². The molecule has 0 spiro atoms. The summed E-state index contributed by atoms with van der Waals surface area (Å²) in [4.78, 5) is 13.8. The van der Waals surface area contributed by atoms with Gasteiger partial charge < -0.3 is 5.32 Å². The fraction of sp³-hybridized carbons (Fsp3) is 0.214. The molecule has 0 aliphatic rings. The number of thiophene rings is 1. The molecule has 2 rings (SSSR count). The number of alkyl halides is 1. The summed E-state index contributed by atoms with van der Waals surface area (Å²) >= 11 is 4.93. The molecule has 2 aromatic rings. The lowest BCUT2D eigenvalue weighted by molar-refractivity contribution is 0.0955. The lowest BCUT2D eigenvalue weighted by Gasteiger charge is -2.04. The molecule has 0 unspecified atom stereocenters. The highest BCUT2D eigenvalue weighted by Gasteiger charge is 2.07. The van der Waals surface area contributed by atoms with Crippen LogP contribution in [-0.4, -0.2) is 5.91 Å². The van der Waals surface area contributed by atoms with Crippen LogP contribution in [0.5, 0.6) is 0 Å². The second-order valence-electron chi connectivity index (χ2n) is 4.04. The molecule has 0 aliphatic carbocycles. The molecule has 0 bridgehead atoms. The fourth-order valence-corrected chi connectivity index (χ4v) is 2.73. The number of hydrogen-bond donors (Lipinski definition) is 1. The van der Waals surface area contributed by atoms with Gasteiger partial charge >= 0.3 is 0 Å². The molecule has 0 aliphatic heterocycles. The SMILES string of the molecule is Cc1ccc(C(=O)NCc2ccc(CBr)cc2)s1. The van der Waals surface area contributed by atoms with Gasteiger partial charge in [0.2, 0.25) is 0 Å². The second-order valence-corrected chi connectivity index (χ2v) is 5.89. The third-order valence-corrected chi connectivity index (χ3v) is 4.24. The standard InChI is InChI=1S/C14H14BrNOS/c1-10-2-7-13(18-10)14(17)16-9-12-5-3-11(8-15)4-6-12/h2-7H,8-9H2,1H3,(H,16,17). The Balaban J connectivity index is 1.92. The number of rotatable bonds is 4. The molecule has 0 saturated carbocycles. The van der Waals surface area contributed by atoms with Crippen molar-refractivity contribution < 1.29 is 4.79 Å². The minimum absolute atomic E-state index is 0.00216. The number of benzene rings is 1. The Kier molecular flexibility index (Phi) is 4.55. The maximum Gasteiger partial charge on any atom is 0.261 e. The average molecular weight is 324 g/mol. The van der Waals surface area contributed by atoms with E-state index in [-0.39, 0.29) is 5.91 Å². The topological polar surface area (TPSA) is 29.1 Å². The highest BCUT2D eigenvalue weighted by Crippen LogP contribution is 2.15. The van der Waals surface area contributed by atoms with Gasteiger partial charge in [-0.25, -0.2) is 0 Å². The number of nitrogens with one attached hydrogen (secondary N) is 1. The molecule has 18 heavy (non-hydrogen) atoms. The zero-order valence-electron chi connectivity index (χ0n) is 10.1. The van der Waals surface area contributed by atoms with Gasteiger partial charge in [0.05, 0.1) is 4.88 Å². The van der Waals surface area contributed by atoms with Crippen LogP contribution < -0.4 is 5.32 Å². The van der Waals surface area contributed by atoms with Crippen LogP contribution in [0, 0.1) is 6.92 Å². The predicted octanol–water partition coefficient (Wildman–Crippen LogP) is 3.88. The first kappa shape index (κ1) is 13.3. The van der Waals surface area contributed by atoms with Gasteiger partial charge in [0.1, 0.15) is 0 Å². The molecule has 1 N–H and O–H groups in total. The summed E-state index contributed by atoms with van der Waals surface area (Å²) < 4.78 is 0. The molecule has 0 radical (unpaired) electrons. The van der Waals surface area contributed by atoms with Crippen LogP contribution in [0.2, 0.25) is 0 Å². The lowest BCUT2D eigenvalue weighted by Crippen LogP contribution is -2.21. The monoisotopic (exact) mass is 323 g/mol. The highest BCUT2D eigenvalue weighted by molar-refractivity contribution is 9.08. The summed E-state index contributed by atoms with van der Waals surface area (Å²) in [6, 6.07) is 12.0. The van der Waals surface area contributed by atoms with Crippen LogP contribution in [0.15, 0.2) is 36.4 Å². The van der Waals surface area contributed by atoms with Crippen LogP contribution in [-0.2, 0) is 11.9 Å². The molecule has 1 amide bonds. The van der Waals surface area contributed by atoms with Crippen molar-refractivity contribution in [2.75, 3.05) is 0 Å². The van der Waals surface area contributed by atoms with Crippen LogP contribution in [0.1, 0.15) is 25.7 Å². The molecule has 2 nitrogen and oxygen atoms in total. The minimum Gasteiger partial charge on any atom is -0.347 e. The number of carbonyl (C=O) groups is 1. The Hall–Kier alpha value is -1.13. The Morgan fingerprint density at radius 2 is 1.83 bits per heavy atom. The molecule has 0 atom stereocenters. The van der Waals surface area contributed by atoms with E-state index in [4.69, 9.17) is 0 Å². The zero-order chi connectivity index (χ0) is 13.0. The van der Waals surface area contributed by atoms with E-state index in [2.05, 4.69) is 33.4 Å². The Morgan fingerprint density at radius 1 is 1.17 bits per heavy atom. The second kappa shape index (κ2) is 6.16. The Morgan fingerprint density at radius 3 is 2.39 bits per heavy atom. The van der Waals surface area contributed by atoms with E-state index in [0.29, 0.717) is 6.54 Å². The van der Waals surface area contributed by atoms with Crippen molar-refractivity contribution in [2.24, 2.45) is 0 Å². The normalized spacial score (nSPS) is 10.3. The Bertz CT molecular complexity index is 533. The molecular weight excluding hydrogens is 310 g/mol. The van der Waals surface area contributed by atoms with Gasteiger partial charge in [-0.2, -0.15) is 0 Å². The van der Waals surface area contributed by atoms with Gasteiger partial charge in [-0.15, -0.1) is 11.3 Å². The van der Waals surface area contributed by atoms with E-state index in [1.165, 1.54) is 16.9 Å². The van der Waals surface area contributed by atoms with Crippen LogP contribution in [0.3, 0.4) is 0 Å². The van der Waals surface area contributed by atoms with E-state index in [0.717, 1.165) is 20.6 Å². The summed E-state index contributed by atoms with van der Waals surface area (Å²) in [5.41, 5.74) is 2.35. The van der Waals surface area contributed by atoms with E-state index >= 15 is 0 Å². The number of hydrogen-bond acceptors (Lipinski definition) is 2. The Labute approximate surface area is 119 Å². The first-order valence-corrected chi connectivity index (χ1v) is 7.61. The zero-order valence-corrected chi connectivity index (χ0v) is 12.5. The first-order valence-electron chi connectivity index (χ1n) is 5.67. The van der Waals surface area contributed by atoms with Crippen molar-refractivity contribution in [1.29, 1.82) is 0 Å². The number of carbonyl (C=O) groups excluding carboxylic acids is 1.